The van der Waals surface area contributed by atoms with E-state index in [9.17, 15) is 0 Å². The summed E-state index contributed by atoms with van der Waals surface area (Å²) in [6.45, 7) is 0.612. The minimum Gasteiger partial charge on any atom is -1.00 e. The van der Waals surface area contributed by atoms with Crippen molar-refractivity contribution in [3.63, 3.8) is 0 Å². The molecule has 0 aliphatic heterocycles. The molecule has 0 rings (SSSR count). The SMILES string of the molecule is CSCCC(N)CN.[Cl-].[Cl-].[Pt+2]. The Morgan fingerprint density at radius 2 is 1.82 bits per heavy atom. The van der Waals surface area contributed by atoms with E-state index in [4.69, 9.17) is 11.5 Å². The van der Waals surface area contributed by atoms with Crippen molar-refractivity contribution < 1.29 is 45.9 Å². The zero-order valence-electron chi connectivity index (χ0n) is 6.33. The molecule has 1 atom stereocenters. The summed E-state index contributed by atoms with van der Waals surface area (Å²) >= 11 is 1.81. The fourth-order valence-corrected chi connectivity index (χ4v) is 0.926. The molecule has 0 aromatic rings. The second kappa shape index (κ2) is 17.6. The summed E-state index contributed by atoms with van der Waals surface area (Å²) in [4.78, 5) is 0. The number of rotatable bonds is 4. The van der Waals surface area contributed by atoms with E-state index in [1.165, 1.54) is 0 Å². The molecule has 2 nitrogen and oxygen atoms in total. The van der Waals surface area contributed by atoms with Crippen molar-refractivity contribution in [3.05, 3.63) is 0 Å². The van der Waals surface area contributed by atoms with Gasteiger partial charge in [0, 0.05) is 12.6 Å². The van der Waals surface area contributed by atoms with Gasteiger partial charge in [0.1, 0.15) is 0 Å². The minimum atomic E-state index is 0. The van der Waals surface area contributed by atoms with Crippen molar-refractivity contribution in [1.82, 2.24) is 0 Å². The first-order chi connectivity index (χ1) is 3.81. The Morgan fingerprint density at radius 1 is 1.36 bits per heavy atom. The number of hydrogen-bond donors (Lipinski definition) is 2. The van der Waals surface area contributed by atoms with Crippen LogP contribution in [0.1, 0.15) is 6.42 Å². The Kier molecular flexibility index (Phi) is 36.6. The molecule has 0 bridgehead atoms. The van der Waals surface area contributed by atoms with Gasteiger partial charge in [0.15, 0.2) is 0 Å². The van der Waals surface area contributed by atoms with E-state index < -0.39 is 0 Å². The summed E-state index contributed by atoms with van der Waals surface area (Å²) in [5, 5.41) is 0. The van der Waals surface area contributed by atoms with Crippen LogP contribution >= 0.6 is 11.8 Å². The van der Waals surface area contributed by atoms with Gasteiger partial charge in [0.05, 0.1) is 0 Å². The van der Waals surface area contributed by atoms with Crippen LogP contribution in [0.5, 0.6) is 0 Å². The second-order valence-electron chi connectivity index (χ2n) is 1.78. The van der Waals surface area contributed by atoms with Gasteiger partial charge < -0.3 is 36.3 Å². The fraction of sp³-hybridized carbons (Fsp3) is 1.00. The third-order valence-electron chi connectivity index (χ3n) is 0.996. The van der Waals surface area contributed by atoms with E-state index in [0.29, 0.717) is 6.54 Å². The molecule has 0 aliphatic carbocycles. The van der Waals surface area contributed by atoms with Gasteiger partial charge in [-0.1, -0.05) is 0 Å². The molecule has 0 aromatic heterocycles. The van der Waals surface area contributed by atoms with E-state index in [2.05, 4.69) is 6.26 Å². The van der Waals surface area contributed by atoms with Crippen LogP contribution in [0.2, 0.25) is 0 Å². The third kappa shape index (κ3) is 18.5. The molecule has 0 radical (unpaired) electrons. The van der Waals surface area contributed by atoms with E-state index >= 15 is 0 Å². The Morgan fingerprint density at radius 3 is 2.09 bits per heavy atom. The van der Waals surface area contributed by atoms with Gasteiger partial charge in [-0.2, -0.15) is 11.8 Å². The fourth-order valence-electron chi connectivity index (χ4n) is 0.387. The molecule has 6 heteroatoms. The Labute approximate surface area is 99.7 Å². The zero-order valence-corrected chi connectivity index (χ0v) is 10.9. The van der Waals surface area contributed by atoms with Crippen molar-refractivity contribution in [3.8, 4) is 0 Å². The number of halogens is 2. The molecule has 0 fully saturated rings. The largest absolute Gasteiger partial charge is 2.00 e. The molecule has 4 N–H and O–H groups in total. The molecule has 0 saturated heterocycles. The third-order valence-corrected chi connectivity index (χ3v) is 1.64. The Balaban J connectivity index is -0.0000000817. The first kappa shape index (κ1) is 22.9. The van der Waals surface area contributed by atoms with Crippen molar-refractivity contribution in [2.75, 3.05) is 18.6 Å². The molecular formula is C5H14Cl2N2PtS. The van der Waals surface area contributed by atoms with Crippen molar-refractivity contribution in [1.29, 1.82) is 0 Å². The topological polar surface area (TPSA) is 52.0 Å². The van der Waals surface area contributed by atoms with E-state index in [1.54, 1.807) is 0 Å². The Hall–Kier alpha value is 1.54. The maximum Gasteiger partial charge on any atom is 2.00 e. The van der Waals surface area contributed by atoms with Crippen molar-refractivity contribution in [2.24, 2.45) is 11.5 Å². The van der Waals surface area contributed by atoms with Crippen LogP contribution in [-0.4, -0.2) is 24.6 Å². The molecule has 1 unspecified atom stereocenters. The van der Waals surface area contributed by atoms with E-state index in [1.807, 2.05) is 11.8 Å². The van der Waals surface area contributed by atoms with Crippen LogP contribution in [0, 0.1) is 0 Å². The Bertz CT molecular complexity index is 61.7. The van der Waals surface area contributed by atoms with Gasteiger partial charge in [0.2, 0.25) is 0 Å². The van der Waals surface area contributed by atoms with Gasteiger partial charge in [-0.25, -0.2) is 0 Å². The first-order valence-electron chi connectivity index (χ1n) is 2.76. The molecule has 0 saturated carbocycles. The number of thioether (sulfide) groups is 1. The maximum atomic E-state index is 5.52. The van der Waals surface area contributed by atoms with E-state index in [-0.39, 0.29) is 51.9 Å². The molecular weight excluding hydrogens is 386 g/mol. The minimum absolute atomic E-state index is 0. The summed E-state index contributed by atoms with van der Waals surface area (Å²) in [6, 6.07) is 0.211. The normalized spacial score (nSPS) is 10.1. The van der Waals surface area contributed by atoms with Crippen LogP contribution in [-0.2, 0) is 21.1 Å². The van der Waals surface area contributed by atoms with Crippen LogP contribution < -0.4 is 36.3 Å². The van der Waals surface area contributed by atoms with Crippen LogP contribution in [0.4, 0.5) is 0 Å². The molecule has 0 amide bonds. The molecule has 11 heavy (non-hydrogen) atoms. The molecule has 0 aromatic carbocycles. The molecule has 0 aliphatic rings. The quantitative estimate of drug-likeness (QED) is 0.495. The van der Waals surface area contributed by atoms with Crippen LogP contribution in [0.15, 0.2) is 0 Å². The summed E-state index contributed by atoms with van der Waals surface area (Å²) in [7, 11) is 0. The second-order valence-corrected chi connectivity index (χ2v) is 2.76. The number of nitrogens with two attached hydrogens (primary N) is 2. The average Bonchev–Trinajstić information content (AvgIpc) is 1.83. The van der Waals surface area contributed by atoms with Crippen LogP contribution in [0.3, 0.4) is 0 Å². The van der Waals surface area contributed by atoms with Gasteiger partial charge in [-0.05, 0) is 18.4 Å². The summed E-state index contributed by atoms with van der Waals surface area (Å²) in [5.74, 6) is 1.12. The monoisotopic (exact) mass is 399 g/mol. The standard InChI is InChI=1S/C5H14N2S.2ClH.Pt/c1-8-3-2-5(7)4-6;;;/h5H,2-4,6-7H2,1H3;2*1H;/q;;;+2/p-2. The van der Waals surface area contributed by atoms with Crippen molar-refractivity contribution >= 4 is 11.8 Å². The molecule has 0 spiro atoms. The molecule has 0 heterocycles. The smallest absolute Gasteiger partial charge is 1.00 e. The van der Waals surface area contributed by atoms with Crippen LogP contribution in [0.25, 0.3) is 0 Å². The van der Waals surface area contributed by atoms with Gasteiger partial charge in [0.25, 0.3) is 0 Å². The first-order valence-corrected chi connectivity index (χ1v) is 4.15. The van der Waals surface area contributed by atoms with Crippen molar-refractivity contribution in [2.45, 2.75) is 12.5 Å². The van der Waals surface area contributed by atoms with Gasteiger partial charge in [-0.3, -0.25) is 0 Å². The predicted molar refractivity (Wildman–Crippen MR) is 40.0 cm³/mol. The van der Waals surface area contributed by atoms with Gasteiger partial charge >= 0.3 is 21.1 Å². The summed E-state index contributed by atoms with van der Waals surface area (Å²) < 4.78 is 0. The molecule has 74 valence electrons. The average molecular weight is 400 g/mol. The summed E-state index contributed by atoms with van der Waals surface area (Å²) in [6.07, 6.45) is 3.11. The zero-order chi connectivity index (χ0) is 6.41. The van der Waals surface area contributed by atoms with Gasteiger partial charge in [-0.15, -0.1) is 0 Å². The number of hydrogen-bond acceptors (Lipinski definition) is 3. The predicted octanol–water partition coefficient (Wildman–Crippen LogP) is -5.97. The summed E-state index contributed by atoms with van der Waals surface area (Å²) in [5.41, 5.74) is 10.8. The van der Waals surface area contributed by atoms with E-state index in [0.717, 1.165) is 12.2 Å². The maximum absolute atomic E-state index is 5.52.